The van der Waals surface area contributed by atoms with Crippen molar-refractivity contribution in [3.63, 3.8) is 0 Å². The number of anilines is 1. The van der Waals surface area contributed by atoms with Crippen molar-refractivity contribution in [3.05, 3.63) is 51.2 Å². The third-order valence-electron chi connectivity index (χ3n) is 3.41. The number of aryl methyl sites for hydroxylation is 1. The van der Waals surface area contributed by atoms with Crippen LogP contribution in [0.4, 0.5) is 5.69 Å². The van der Waals surface area contributed by atoms with Crippen LogP contribution in [0.1, 0.15) is 17.2 Å². The lowest BCUT2D eigenvalue weighted by atomic mass is 10.2. The molecule has 0 fully saturated rings. The second kappa shape index (κ2) is 9.53. The largest absolute Gasteiger partial charge is 0.394 e. The number of nitrogens with one attached hydrogen (secondary N) is 2. The number of amides is 2. The molecule has 0 aliphatic rings. The Kier molecular flexibility index (Phi) is 7.39. The van der Waals surface area contributed by atoms with E-state index in [4.69, 9.17) is 21.4 Å². The number of aliphatic hydroxyl groups excluding tert-OH is 1. The van der Waals surface area contributed by atoms with E-state index in [9.17, 15) is 9.59 Å². The Balaban J connectivity index is 1.90. The van der Waals surface area contributed by atoms with Crippen LogP contribution in [-0.4, -0.2) is 36.7 Å². The third kappa shape index (κ3) is 5.82. The van der Waals surface area contributed by atoms with E-state index in [1.54, 1.807) is 18.2 Å². The fourth-order valence-electron chi connectivity index (χ4n) is 2.05. The van der Waals surface area contributed by atoms with E-state index in [1.165, 1.54) is 11.3 Å². The smallest absolute Gasteiger partial charge is 0.313 e. The molecule has 8 heteroatoms. The van der Waals surface area contributed by atoms with Gasteiger partial charge in [0.2, 0.25) is 0 Å². The molecule has 25 heavy (non-hydrogen) atoms. The Morgan fingerprint density at radius 1 is 1.32 bits per heavy atom. The van der Waals surface area contributed by atoms with Crippen LogP contribution in [0.2, 0.25) is 5.02 Å². The number of carbonyl (C=O) groups is 2. The topological polar surface area (TPSA) is 87.7 Å². The molecule has 1 aromatic carbocycles. The lowest BCUT2D eigenvalue weighted by molar-refractivity contribution is -0.136. The zero-order chi connectivity index (χ0) is 18.2. The van der Waals surface area contributed by atoms with Crippen LogP contribution in [0.25, 0.3) is 0 Å². The van der Waals surface area contributed by atoms with Gasteiger partial charge in [0.05, 0.1) is 13.2 Å². The van der Waals surface area contributed by atoms with Crippen molar-refractivity contribution in [2.45, 2.75) is 13.0 Å². The predicted molar refractivity (Wildman–Crippen MR) is 97.9 cm³/mol. The maximum absolute atomic E-state index is 12.0. The zero-order valence-corrected chi connectivity index (χ0v) is 15.2. The summed E-state index contributed by atoms with van der Waals surface area (Å²) in [5, 5.41) is 18.2. The molecule has 0 radical (unpaired) electrons. The number of hydrogen-bond acceptors (Lipinski definition) is 5. The minimum absolute atomic E-state index is 0.122. The summed E-state index contributed by atoms with van der Waals surface area (Å²) in [6, 6.07) is 6.88. The van der Waals surface area contributed by atoms with Crippen molar-refractivity contribution in [1.29, 1.82) is 0 Å². The summed E-state index contributed by atoms with van der Waals surface area (Å²) in [5.74, 6) is -1.56. The molecular weight excluding hydrogens is 364 g/mol. The first-order valence-electron chi connectivity index (χ1n) is 7.61. The van der Waals surface area contributed by atoms with E-state index < -0.39 is 17.9 Å². The summed E-state index contributed by atoms with van der Waals surface area (Å²) in [7, 11) is 0. The van der Waals surface area contributed by atoms with E-state index in [2.05, 4.69) is 10.6 Å². The highest BCUT2D eigenvalue weighted by Gasteiger charge is 2.18. The number of aliphatic hydroxyl groups is 1. The average Bonchev–Trinajstić information content (AvgIpc) is 3.12. The third-order valence-corrected chi connectivity index (χ3v) is 4.52. The minimum atomic E-state index is -0.786. The Hall–Kier alpha value is -1.93. The SMILES string of the molecule is Cc1ccc(NC(=O)C(=O)NC[C@@H](OCCO)c2ccsc2)cc1Cl. The maximum atomic E-state index is 12.0. The zero-order valence-electron chi connectivity index (χ0n) is 13.6. The van der Waals surface area contributed by atoms with Gasteiger partial charge in [0.25, 0.3) is 0 Å². The summed E-state index contributed by atoms with van der Waals surface area (Å²) in [4.78, 5) is 24.0. The number of carbonyl (C=O) groups excluding carboxylic acids is 2. The molecule has 1 heterocycles. The van der Waals surface area contributed by atoms with Crippen LogP contribution >= 0.6 is 22.9 Å². The second-order valence-corrected chi connectivity index (χ2v) is 6.46. The standard InChI is InChI=1S/C17H19ClN2O4S/c1-11-2-3-13(8-14(11)18)20-17(23)16(22)19-9-15(24-6-5-21)12-4-7-25-10-12/h2-4,7-8,10,15,21H,5-6,9H2,1H3,(H,19,22)(H,20,23)/t15-/m1/s1. The van der Waals surface area contributed by atoms with Crippen LogP contribution in [0.5, 0.6) is 0 Å². The van der Waals surface area contributed by atoms with E-state index in [0.717, 1.165) is 11.1 Å². The fourth-order valence-corrected chi connectivity index (χ4v) is 2.93. The van der Waals surface area contributed by atoms with Gasteiger partial charge in [-0.1, -0.05) is 17.7 Å². The maximum Gasteiger partial charge on any atom is 0.313 e. The number of rotatable bonds is 7. The van der Waals surface area contributed by atoms with Crippen LogP contribution < -0.4 is 10.6 Å². The summed E-state index contributed by atoms with van der Waals surface area (Å²) < 4.78 is 5.51. The summed E-state index contributed by atoms with van der Waals surface area (Å²) in [5.41, 5.74) is 2.20. The lowest BCUT2D eigenvalue weighted by Gasteiger charge is -2.17. The number of halogens is 1. The average molecular weight is 383 g/mol. The van der Waals surface area contributed by atoms with Gasteiger partial charge in [-0.3, -0.25) is 9.59 Å². The molecular formula is C17H19ClN2O4S. The molecule has 3 N–H and O–H groups in total. The molecule has 134 valence electrons. The molecule has 2 amide bonds. The molecule has 1 aromatic heterocycles. The molecule has 0 saturated carbocycles. The molecule has 0 spiro atoms. The van der Waals surface area contributed by atoms with Gasteiger partial charge in [-0.2, -0.15) is 11.3 Å². The number of benzene rings is 1. The van der Waals surface area contributed by atoms with E-state index in [-0.39, 0.29) is 19.8 Å². The van der Waals surface area contributed by atoms with Crippen LogP contribution in [0.3, 0.4) is 0 Å². The van der Waals surface area contributed by atoms with Crippen molar-refractivity contribution in [1.82, 2.24) is 5.32 Å². The van der Waals surface area contributed by atoms with Crippen molar-refractivity contribution >= 4 is 40.4 Å². The molecule has 2 rings (SSSR count). The summed E-state index contributed by atoms with van der Waals surface area (Å²) >= 11 is 7.50. The quantitative estimate of drug-likeness (QED) is 0.642. The number of hydrogen-bond donors (Lipinski definition) is 3. The molecule has 0 saturated heterocycles. The normalized spacial score (nSPS) is 11.8. The molecule has 1 atom stereocenters. The van der Waals surface area contributed by atoms with Gasteiger partial charge in [-0.25, -0.2) is 0 Å². The highest BCUT2D eigenvalue weighted by Crippen LogP contribution is 2.20. The Labute approximate surface area is 154 Å². The molecule has 6 nitrogen and oxygen atoms in total. The number of ether oxygens (including phenoxy) is 1. The van der Waals surface area contributed by atoms with Gasteiger partial charge in [-0.15, -0.1) is 0 Å². The summed E-state index contributed by atoms with van der Waals surface area (Å²) in [6.45, 7) is 1.99. The molecule has 0 aliphatic carbocycles. The van der Waals surface area contributed by atoms with E-state index in [0.29, 0.717) is 10.7 Å². The van der Waals surface area contributed by atoms with Gasteiger partial charge in [0.15, 0.2) is 0 Å². The molecule has 0 bridgehead atoms. The molecule has 0 unspecified atom stereocenters. The van der Waals surface area contributed by atoms with Gasteiger partial charge >= 0.3 is 11.8 Å². The molecule has 0 aliphatic heterocycles. The first kappa shape index (κ1) is 19.4. The van der Waals surface area contributed by atoms with Gasteiger partial charge in [0.1, 0.15) is 6.10 Å². The van der Waals surface area contributed by atoms with Crippen LogP contribution in [0, 0.1) is 6.92 Å². The van der Waals surface area contributed by atoms with Gasteiger partial charge < -0.3 is 20.5 Å². The Morgan fingerprint density at radius 3 is 2.76 bits per heavy atom. The van der Waals surface area contributed by atoms with Crippen molar-refractivity contribution < 1.29 is 19.4 Å². The highest BCUT2D eigenvalue weighted by atomic mass is 35.5. The molecule has 2 aromatic rings. The van der Waals surface area contributed by atoms with Crippen LogP contribution in [-0.2, 0) is 14.3 Å². The first-order chi connectivity index (χ1) is 12.0. The van der Waals surface area contributed by atoms with E-state index in [1.807, 2.05) is 23.8 Å². The van der Waals surface area contributed by atoms with Crippen LogP contribution in [0.15, 0.2) is 35.0 Å². The minimum Gasteiger partial charge on any atom is -0.394 e. The Morgan fingerprint density at radius 2 is 2.12 bits per heavy atom. The highest BCUT2D eigenvalue weighted by molar-refractivity contribution is 7.07. The van der Waals surface area contributed by atoms with Crippen molar-refractivity contribution in [2.75, 3.05) is 25.1 Å². The predicted octanol–water partition coefficient (Wildman–Crippen LogP) is 2.51. The van der Waals surface area contributed by atoms with Gasteiger partial charge in [-0.05, 0) is 47.0 Å². The first-order valence-corrected chi connectivity index (χ1v) is 8.93. The summed E-state index contributed by atoms with van der Waals surface area (Å²) in [6.07, 6.45) is -0.427. The van der Waals surface area contributed by atoms with Crippen molar-refractivity contribution in [3.8, 4) is 0 Å². The second-order valence-electron chi connectivity index (χ2n) is 5.27. The van der Waals surface area contributed by atoms with Gasteiger partial charge in [0, 0.05) is 17.3 Å². The number of thiophene rings is 1. The van der Waals surface area contributed by atoms with E-state index >= 15 is 0 Å². The lowest BCUT2D eigenvalue weighted by Crippen LogP contribution is -2.38. The monoisotopic (exact) mass is 382 g/mol. The fraction of sp³-hybridized carbons (Fsp3) is 0.294. The Bertz CT molecular complexity index is 721. The van der Waals surface area contributed by atoms with Crippen molar-refractivity contribution in [2.24, 2.45) is 0 Å².